The molecule has 2 aromatic carbocycles. The van der Waals surface area contributed by atoms with Crippen LogP contribution in [-0.2, 0) is 20.7 Å². The van der Waals surface area contributed by atoms with Crippen molar-refractivity contribution in [2.45, 2.75) is 26.7 Å². The average molecular weight is 484 g/mol. The summed E-state index contributed by atoms with van der Waals surface area (Å²) in [7, 11) is 1.51. The van der Waals surface area contributed by atoms with Gasteiger partial charge in [-0.3, -0.25) is 19.7 Å². The number of benzene rings is 2. The Balaban J connectivity index is 1.59. The van der Waals surface area contributed by atoms with Crippen LogP contribution in [0, 0.1) is 17.0 Å². The Morgan fingerprint density at radius 2 is 1.89 bits per heavy atom. The summed E-state index contributed by atoms with van der Waals surface area (Å²) in [6.45, 7) is 3.17. The molecule has 35 heavy (non-hydrogen) atoms. The molecule has 11 heteroatoms. The van der Waals surface area contributed by atoms with Crippen LogP contribution in [0.25, 0.3) is 11.0 Å². The van der Waals surface area contributed by atoms with E-state index in [2.05, 4.69) is 5.32 Å². The molecule has 11 nitrogen and oxygen atoms in total. The van der Waals surface area contributed by atoms with Crippen LogP contribution in [0.3, 0.4) is 0 Å². The van der Waals surface area contributed by atoms with Gasteiger partial charge in [0, 0.05) is 23.4 Å². The molecule has 0 unspecified atom stereocenters. The molecule has 0 aliphatic carbocycles. The van der Waals surface area contributed by atoms with Crippen molar-refractivity contribution in [1.29, 1.82) is 0 Å². The summed E-state index contributed by atoms with van der Waals surface area (Å²) < 4.78 is 20.7. The number of anilines is 1. The lowest BCUT2D eigenvalue weighted by atomic mass is 10.0. The number of esters is 1. The normalized spacial score (nSPS) is 10.6. The molecule has 0 aliphatic heterocycles. The fourth-order valence-electron chi connectivity index (χ4n) is 3.45. The van der Waals surface area contributed by atoms with Gasteiger partial charge in [-0.15, -0.1) is 0 Å². The highest BCUT2D eigenvalue weighted by Crippen LogP contribution is 2.29. The Morgan fingerprint density at radius 1 is 1.14 bits per heavy atom. The van der Waals surface area contributed by atoms with Crippen molar-refractivity contribution in [2.24, 2.45) is 0 Å². The predicted molar refractivity (Wildman–Crippen MR) is 126 cm³/mol. The minimum absolute atomic E-state index is 0.0551. The monoisotopic (exact) mass is 484 g/mol. The molecular formula is C24H24N2O9. The van der Waals surface area contributed by atoms with Crippen molar-refractivity contribution in [3.63, 3.8) is 0 Å². The summed E-state index contributed by atoms with van der Waals surface area (Å²) >= 11 is 0. The maximum absolute atomic E-state index is 12.4. The van der Waals surface area contributed by atoms with Gasteiger partial charge in [0.1, 0.15) is 22.8 Å². The number of nitrogens with one attached hydrogen (secondary N) is 1. The van der Waals surface area contributed by atoms with Gasteiger partial charge in [0.15, 0.2) is 6.61 Å². The predicted octanol–water partition coefficient (Wildman–Crippen LogP) is 3.53. The van der Waals surface area contributed by atoms with E-state index in [1.165, 1.54) is 25.3 Å². The molecule has 184 valence electrons. The first-order chi connectivity index (χ1) is 16.7. The second kappa shape index (κ2) is 11.1. The quantitative estimate of drug-likeness (QED) is 0.197. The topological polar surface area (TPSA) is 147 Å². The Morgan fingerprint density at radius 3 is 2.57 bits per heavy atom. The fraction of sp³-hybridized carbons (Fsp3) is 0.292. The van der Waals surface area contributed by atoms with Gasteiger partial charge in [-0.1, -0.05) is 0 Å². The van der Waals surface area contributed by atoms with E-state index in [9.17, 15) is 24.5 Å². The summed E-state index contributed by atoms with van der Waals surface area (Å²) in [6.07, 6.45) is -0.106. The molecule has 0 fully saturated rings. The molecule has 0 radical (unpaired) electrons. The summed E-state index contributed by atoms with van der Waals surface area (Å²) in [4.78, 5) is 47.4. The van der Waals surface area contributed by atoms with Gasteiger partial charge in [0.2, 0.25) is 0 Å². The van der Waals surface area contributed by atoms with E-state index in [1.54, 1.807) is 32.0 Å². The van der Waals surface area contributed by atoms with Crippen LogP contribution < -0.4 is 20.4 Å². The van der Waals surface area contributed by atoms with Crippen molar-refractivity contribution >= 4 is 34.2 Å². The lowest BCUT2D eigenvalue weighted by Gasteiger charge is -2.10. The largest absolute Gasteiger partial charge is 0.497 e. The van der Waals surface area contributed by atoms with Crippen LogP contribution in [0.1, 0.15) is 24.5 Å². The second-order valence-corrected chi connectivity index (χ2v) is 7.43. The molecule has 1 aromatic heterocycles. The van der Waals surface area contributed by atoms with E-state index in [0.717, 1.165) is 0 Å². The first-order valence-corrected chi connectivity index (χ1v) is 10.7. The standard InChI is InChI=1S/C24H24N2O9/c1-4-33-16-6-9-19(20(11-16)26(30)31)25-22(27)13-34-23(28)10-8-18-14(2)17-7-5-15(32-3)12-21(17)35-24(18)29/h5-7,9,11-12H,4,8,10,13H2,1-3H3,(H,25,27). The molecule has 1 amide bonds. The molecule has 0 bridgehead atoms. The third-order valence-electron chi connectivity index (χ3n) is 5.19. The third-order valence-corrected chi connectivity index (χ3v) is 5.19. The molecule has 0 spiro atoms. The van der Waals surface area contributed by atoms with Gasteiger partial charge in [-0.25, -0.2) is 4.79 Å². The first kappa shape index (κ1) is 25.2. The fourth-order valence-corrected chi connectivity index (χ4v) is 3.45. The highest BCUT2D eigenvalue weighted by molar-refractivity contribution is 5.95. The van der Waals surface area contributed by atoms with Gasteiger partial charge < -0.3 is 23.9 Å². The number of fused-ring (bicyclic) bond motifs is 1. The average Bonchev–Trinajstić information content (AvgIpc) is 2.83. The third kappa shape index (κ3) is 6.14. The van der Waals surface area contributed by atoms with E-state index in [4.69, 9.17) is 18.6 Å². The van der Waals surface area contributed by atoms with E-state index >= 15 is 0 Å². The van der Waals surface area contributed by atoms with Crippen LogP contribution >= 0.6 is 0 Å². The van der Waals surface area contributed by atoms with Crippen LogP contribution in [0.15, 0.2) is 45.6 Å². The lowest BCUT2D eigenvalue weighted by molar-refractivity contribution is -0.384. The number of nitro groups is 1. The molecular weight excluding hydrogens is 460 g/mol. The summed E-state index contributed by atoms with van der Waals surface area (Å²) in [5, 5.41) is 14.4. The van der Waals surface area contributed by atoms with Crippen molar-refractivity contribution in [2.75, 3.05) is 25.6 Å². The molecule has 1 N–H and O–H groups in total. The lowest BCUT2D eigenvalue weighted by Crippen LogP contribution is -2.22. The smallest absolute Gasteiger partial charge is 0.339 e. The van der Waals surface area contributed by atoms with E-state index in [0.29, 0.717) is 34.5 Å². The summed E-state index contributed by atoms with van der Waals surface area (Å²) in [5.41, 5.74) is 0.392. The molecule has 3 rings (SSSR count). The van der Waals surface area contributed by atoms with Gasteiger partial charge in [-0.2, -0.15) is 0 Å². The number of hydrogen-bond donors (Lipinski definition) is 1. The Kier molecular flexibility index (Phi) is 8.03. The molecule has 1 heterocycles. The van der Waals surface area contributed by atoms with Crippen molar-refractivity contribution in [3.8, 4) is 11.5 Å². The first-order valence-electron chi connectivity index (χ1n) is 10.7. The molecule has 0 saturated carbocycles. The molecule has 3 aromatic rings. The van der Waals surface area contributed by atoms with E-state index < -0.39 is 29.0 Å². The number of methoxy groups -OCH3 is 1. The summed E-state index contributed by atoms with van der Waals surface area (Å²) in [6, 6.07) is 9.11. The number of carbonyl (C=O) groups excluding carboxylic acids is 2. The zero-order valence-electron chi connectivity index (χ0n) is 19.4. The molecule has 0 atom stereocenters. The highest BCUT2D eigenvalue weighted by Gasteiger charge is 2.19. The van der Waals surface area contributed by atoms with Crippen molar-refractivity contribution < 1.29 is 33.1 Å². The number of hydrogen-bond acceptors (Lipinski definition) is 9. The minimum Gasteiger partial charge on any atom is -0.497 e. The van der Waals surface area contributed by atoms with Gasteiger partial charge >= 0.3 is 11.6 Å². The second-order valence-electron chi connectivity index (χ2n) is 7.43. The maximum Gasteiger partial charge on any atom is 0.339 e. The zero-order valence-corrected chi connectivity index (χ0v) is 19.4. The van der Waals surface area contributed by atoms with Crippen LogP contribution in [0.5, 0.6) is 11.5 Å². The maximum atomic E-state index is 12.4. The van der Waals surface area contributed by atoms with Gasteiger partial charge in [0.05, 0.1) is 24.7 Å². The SMILES string of the molecule is CCOc1ccc(NC(=O)COC(=O)CCc2c(C)c3ccc(OC)cc3oc2=O)c([N+](=O)[O-])c1. The minimum atomic E-state index is -0.749. The number of amides is 1. The number of ether oxygens (including phenoxy) is 3. The van der Waals surface area contributed by atoms with E-state index in [1.807, 2.05) is 0 Å². The Hall–Kier alpha value is -4.41. The summed E-state index contributed by atoms with van der Waals surface area (Å²) in [5.74, 6) is -0.627. The Labute approximate surface area is 199 Å². The number of carbonyl (C=O) groups is 2. The number of rotatable bonds is 10. The highest BCUT2D eigenvalue weighted by atomic mass is 16.6. The van der Waals surface area contributed by atoms with Crippen LogP contribution in [-0.4, -0.2) is 37.1 Å². The van der Waals surface area contributed by atoms with Gasteiger partial charge in [0.25, 0.3) is 11.6 Å². The van der Waals surface area contributed by atoms with Crippen molar-refractivity contribution in [1.82, 2.24) is 0 Å². The molecule has 0 aliphatic rings. The Bertz CT molecular complexity index is 1330. The number of aryl methyl sites for hydroxylation is 1. The van der Waals surface area contributed by atoms with Crippen LogP contribution in [0.2, 0.25) is 0 Å². The number of nitrogens with zero attached hydrogens (tertiary/aromatic N) is 1. The van der Waals surface area contributed by atoms with Crippen molar-refractivity contribution in [3.05, 3.63) is 68.1 Å². The molecule has 0 saturated heterocycles. The zero-order chi connectivity index (χ0) is 25.5. The van der Waals surface area contributed by atoms with Crippen LogP contribution in [0.4, 0.5) is 11.4 Å². The number of nitro benzene ring substituents is 1. The van der Waals surface area contributed by atoms with E-state index in [-0.39, 0.29) is 30.0 Å². The van der Waals surface area contributed by atoms with Gasteiger partial charge in [-0.05, 0) is 50.1 Å².